The molecule has 1 N–H and O–H groups in total. The van der Waals surface area contributed by atoms with Gasteiger partial charge in [0.2, 0.25) is 0 Å². The van der Waals surface area contributed by atoms with Gasteiger partial charge in [-0.25, -0.2) is 8.78 Å². The third-order valence-corrected chi connectivity index (χ3v) is 7.25. The molecule has 4 nitrogen and oxygen atoms in total. The van der Waals surface area contributed by atoms with E-state index >= 15 is 0 Å². The van der Waals surface area contributed by atoms with Crippen molar-refractivity contribution in [2.45, 2.75) is 51.5 Å². The number of hydrogen-bond donors (Lipinski definition) is 1. The number of rotatable bonds is 5. The molecule has 0 spiro atoms. The number of allylic oxidation sites excluding steroid dienone is 3. The van der Waals surface area contributed by atoms with Gasteiger partial charge in [0.1, 0.15) is 5.69 Å². The summed E-state index contributed by atoms with van der Waals surface area (Å²) in [7, 11) is 1.56. The van der Waals surface area contributed by atoms with E-state index in [9.17, 15) is 13.6 Å². The molecule has 0 radical (unpaired) electrons. The van der Waals surface area contributed by atoms with Gasteiger partial charge < -0.3 is 5.32 Å². The molecule has 4 rings (SSSR count). The number of alkyl halides is 2. The van der Waals surface area contributed by atoms with Crippen molar-refractivity contribution < 1.29 is 13.6 Å². The normalized spacial score (nSPS) is 36.4. The van der Waals surface area contributed by atoms with Crippen LogP contribution in [0.15, 0.2) is 30.5 Å². The Balaban J connectivity index is 1.73. The maximum atomic E-state index is 13.4. The Kier molecular flexibility index (Phi) is 4.28. The van der Waals surface area contributed by atoms with Crippen LogP contribution < -0.4 is 5.32 Å². The van der Waals surface area contributed by atoms with Crippen LogP contribution in [0.5, 0.6) is 0 Å². The van der Waals surface area contributed by atoms with Gasteiger partial charge in [-0.1, -0.05) is 44.6 Å². The molecule has 1 aromatic heterocycles. The Morgan fingerprint density at radius 2 is 2.22 bits per heavy atom. The van der Waals surface area contributed by atoms with Gasteiger partial charge in [-0.3, -0.25) is 9.48 Å². The van der Waals surface area contributed by atoms with Crippen LogP contribution >= 0.6 is 0 Å². The van der Waals surface area contributed by atoms with Crippen molar-refractivity contribution in [3.05, 3.63) is 41.8 Å². The third kappa shape index (κ3) is 2.44. The lowest BCUT2D eigenvalue weighted by Gasteiger charge is -2.49. The average molecular weight is 375 g/mol. The Morgan fingerprint density at radius 1 is 1.44 bits per heavy atom. The Hall–Kier alpha value is -1.98. The maximum absolute atomic E-state index is 13.4. The highest BCUT2D eigenvalue weighted by Gasteiger charge is 2.68. The van der Waals surface area contributed by atoms with Crippen molar-refractivity contribution in [2.24, 2.45) is 30.2 Å². The average Bonchev–Trinajstić information content (AvgIpc) is 3.23. The van der Waals surface area contributed by atoms with Crippen LogP contribution in [-0.2, 0) is 7.05 Å². The van der Waals surface area contributed by atoms with Crippen LogP contribution in [-0.4, -0.2) is 21.2 Å². The quantitative estimate of drug-likeness (QED) is 0.828. The zero-order valence-electron chi connectivity index (χ0n) is 16.1. The molecular formula is C21H27F2N3O. The number of aryl methyl sites for hydroxylation is 1. The summed E-state index contributed by atoms with van der Waals surface area (Å²) in [6.45, 7) is 4.39. The zero-order chi connectivity index (χ0) is 19.4. The van der Waals surface area contributed by atoms with E-state index in [2.05, 4.69) is 48.6 Å². The molecule has 1 heterocycles. The Morgan fingerprint density at radius 3 is 2.93 bits per heavy atom. The predicted molar refractivity (Wildman–Crippen MR) is 99.4 cm³/mol. The first-order valence-corrected chi connectivity index (χ1v) is 9.84. The lowest BCUT2D eigenvalue weighted by Crippen LogP contribution is -2.59. The highest BCUT2D eigenvalue weighted by atomic mass is 19.3. The third-order valence-electron chi connectivity index (χ3n) is 7.25. The number of fused-ring (bicyclic) bond motifs is 5. The maximum Gasteiger partial charge on any atom is 0.282 e. The minimum absolute atomic E-state index is 0.0112. The van der Waals surface area contributed by atoms with Crippen molar-refractivity contribution in [1.82, 2.24) is 15.1 Å². The minimum atomic E-state index is -2.77. The SMILES string of the molecule is CCCC1C2CCC1(NC(=O)c1cn(C)nc1C(F)F)[C@]1(C)C=CC=CC21. The molecule has 2 fully saturated rings. The van der Waals surface area contributed by atoms with Crippen molar-refractivity contribution in [3.63, 3.8) is 0 Å². The van der Waals surface area contributed by atoms with Gasteiger partial charge in [0.25, 0.3) is 12.3 Å². The van der Waals surface area contributed by atoms with E-state index in [-0.39, 0.29) is 11.0 Å². The first-order chi connectivity index (χ1) is 12.8. The summed E-state index contributed by atoms with van der Waals surface area (Å²) in [5.74, 6) is 0.849. The molecule has 5 atom stereocenters. The van der Waals surface area contributed by atoms with Gasteiger partial charge in [-0.15, -0.1) is 0 Å². The fourth-order valence-electron chi connectivity index (χ4n) is 6.20. The summed E-state index contributed by atoms with van der Waals surface area (Å²) in [5.41, 5.74) is -1.03. The van der Waals surface area contributed by atoms with E-state index in [0.29, 0.717) is 17.8 Å². The topological polar surface area (TPSA) is 46.9 Å². The molecule has 2 bridgehead atoms. The first-order valence-electron chi connectivity index (χ1n) is 9.84. The molecule has 3 aliphatic carbocycles. The fourth-order valence-corrected chi connectivity index (χ4v) is 6.20. The number of nitrogens with one attached hydrogen (secondary N) is 1. The number of amides is 1. The van der Waals surface area contributed by atoms with Crippen molar-refractivity contribution >= 4 is 5.91 Å². The predicted octanol–water partition coefficient (Wildman–Crippen LogP) is 4.41. The summed E-state index contributed by atoms with van der Waals surface area (Å²) in [6.07, 6.45) is 11.3. The van der Waals surface area contributed by atoms with Gasteiger partial charge in [-0.2, -0.15) is 5.10 Å². The molecular weight excluding hydrogens is 348 g/mol. The van der Waals surface area contributed by atoms with E-state index in [1.807, 2.05) is 0 Å². The van der Waals surface area contributed by atoms with E-state index in [1.54, 1.807) is 7.05 Å². The molecule has 4 unspecified atom stereocenters. The summed E-state index contributed by atoms with van der Waals surface area (Å²) < 4.78 is 28.0. The van der Waals surface area contributed by atoms with E-state index < -0.39 is 23.6 Å². The number of carbonyl (C=O) groups is 1. The second kappa shape index (κ2) is 6.28. The number of hydrogen-bond acceptors (Lipinski definition) is 2. The van der Waals surface area contributed by atoms with E-state index in [0.717, 1.165) is 25.7 Å². The molecule has 146 valence electrons. The second-order valence-electron chi connectivity index (χ2n) is 8.48. The molecule has 3 aliphatic rings. The van der Waals surface area contributed by atoms with E-state index in [4.69, 9.17) is 0 Å². The van der Waals surface area contributed by atoms with E-state index in [1.165, 1.54) is 10.9 Å². The van der Waals surface area contributed by atoms with Crippen LogP contribution in [0.1, 0.15) is 62.0 Å². The van der Waals surface area contributed by atoms with Crippen LogP contribution in [0.3, 0.4) is 0 Å². The summed E-state index contributed by atoms with van der Waals surface area (Å²) >= 11 is 0. The van der Waals surface area contributed by atoms with Gasteiger partial charge in [0.15, 0.2) is 0 Å². The molecule has 0 saturated heterocycles. The molecule has 1 amide bonds. The first kappa shape index (κ1) is 18.4. The largest absolute Gasteiger partial charge is 0.345 e. The monoisotopic (exact) mass is 375 g/mol. The number of aromatic nitrogens is 2. The Bertz CT molecular complexity index is 814. The number of nitrogens with zero attached hydrogens (tertiary/aromatic N) is 2. The highest BCUT2D eigenvalue weighted by molar-refractivity contribution is 5.96. The molecule has 27 heavy (non-hydrogen) atoms. The fraction of sp³-hybridized carbons (Fsp3) is 0.619. The standard InChI is InChI=1S/C21H27F2N3O/c1-4-7-16-13-9-11-21(16,20(2)10-6-5-8-15(13)20)24-19(27)14-12-26(3)25-17(14)18(22)23/h5-6,8,10,12-13,15-16,18H,4,7,9,11H2,1-3H3,(H,24,27)/t13?,15?,16?,20-,21?/m1/s1. The molecule has 6 heteroatoms. The smallest absolute Gasteiger partial charge is 0.282 e. The van der Waals surface area contributed by atoms with Crippen LogP contribution in [0.25, 0.3) is 0 Å². The van der Waals surface area contributed by atoms with Gasteiger partial charge in [-0.05, 0) is 37.0 Å². The van der Waals surface area contributed by atoms with Crippen LogP contribution in [0.4, 0.5) is 8.78 Å². The summed E-state index contributed by atoms with van der Waals surface area (Å²) in [6, 6.07) is 0. The van der Waals surface area contributed by atoms with Gasteiger partial charge in [0, 0.05) is 18.7 Å². The Labute approximate surface area is 158 Å². The number of halogens is 2. The second-order valence-corrected chi connectivity index (χ2v) is 8.48. The van der Waals surface area contributed by atoms with Crippen molar-refractivity contribution in [1.29, 1.82) is 0 Å². The lowest BCUT2D eigenvalue weighted by atomic mass is 9.61. The zero-order valence-corrected chi connectivity index (χ0v) is 16.1. The molecule has 1 aromatic rings. The van der Waals surface area contributed by atoms with Gasteiger partial charge in [0.05, 0.1) is 11.1 Å². The summed E-state index contributed by atoms with van der Waals surface area (Å²) in [4.78, 5) is 13.1. The van der Waals surface area contributed by atoms with Crippen molar-refractivity contribution in [2.75, 3.05) is 0 Å². The molecule has 0 aliphatic heterocycles. The summed E-state index contributed by atoms with van der Waals surface area (Å²) in [5, 5.41) is 7.07. The number of carbonyl (C=O) groups excluding carboxylic acids is 1. The van der Waals surface area contributed by atoms with Gasteiger partial charge >= 0.3 is 0 Å². The van der Waals surface area contributed by atoms with Crippen molar-refractivity contribution in [3.8, 4) is 0 Å². The molecule has 0 aromatic carbocycles. The van der Waals surface area contributed by atoms with Crippen LogP contribution in [0.2, 0.25) is 0 Å². The minimum Gasteiger partial charge on any atom is -0.345 e. The molecule has 2 saturated carbocycles. The highest BCUT2D eigenvalue weighted by Crippen LogP contribution is 2.67. The van der Waals surface area contributed by atoms with Crippen LogP contribution in [0, 0.1) is 23.2 Å². The lowest BCUT2D eigenvalue weighted by molar-refractivity contribution is 0.0699.